The van der Waals surface area contributed by atoms with Gasteiger partial charge in [0.1, 0.15) is 0 Å². The topological polar surface area (TPSA) is 63.4 Å². The van der Waals surface area contributed by atoms with Crippen molar-refractivity contribution >= 4 is 11.6 Å². The molecule has 6 heteroatoms. The fraction of sp³-hybridized carbons (Fsp3) is 0.217. The predicted molar refractivity (Wildman–Crippen MR) is 111 cm³/mol. The van der Waals surface area contributed by atoms with Crippen LogP contribution in [-0.4, -0.2) is 43.5 Å². The summed E-state index contributed by atoms with van der Waals surface area (Å²) in [6, 6.07) is 15.7. The first-order valence-corrected chi connectivity index (χ1v) is 9.80. The minimum absolute atomic E-state index is 0.0788. The molecule has 0 radical (unpaired) electrons. The van der Waals surface area contributed by atoms with E-state index in [9.17, 15) is 4.79 Å². The number of amides is 1. The maximum Gasteiger partial charge on any atom is 0.253 e. The highest BCUT2D eigenvalue weighted by molar-refractivity contribution is 5.94. The molecule has 1 aliphatic rings. The van der Waals surface area contributed by atoms with Crippen molar-refractivity contribution in [3.63, 3.8) is 0 Å². The highest BCUT2D eigenvalue weighted by Crippen LogP contribution is 2.27. The Morgan fingerprint density at radius 1 is 1.07 bits per heavy atom. The lowest BCUT2D eigenvalue weighted by atomic mass is 10.1. The third-order valence-electron chi connectivity index (χ3n) is 5.48. The number of aryl methyl sites for hydroxylation is 1. The summed E-state index contributed by atoms with van der Waals surface area (Å²) in [5.41, 5.74) is 4.79. The van der Waals surface area contributed by atoms with Crippen LogP contribution in [0.1, 0.15) is 34.1 Å². The zero-order valence-electron chi connectivity index (χ0n) is 16.2. The number of fused-ring (bicyclic) bond motifs is 1. The number of carbonyl (C=O) groups is 1. The second-order valence-electron chi connectivity index (χ2n) is 7.54. The molecular weight excluding hydrogens is 362 g/mol. The number of carbonyl (C=O) groups excluding carboxylic acids is 1. The molecule has 3 aromatic heterocycles. The Bertz CT molecular complexity index is 1170. The minimum atomic E-state index is 0.0788. The molecule has 1 aromatic carbocycles. The molecule has 0 bridgehead atoms. The fourth-order valence-electron chi connectivity index (χ4n) is 3.81. The van der Waals surface area contributed by atoms with Crippen molar-refractivity contribution in [3.8, 4) is 11.1 Å². The van der Waals surface area contributed by atoms with Crippen molar-refractivity contribution in [2.75, 3.05) is 13.1 Å². The van der Waals surface area contributed by atoms with Crippen LogP contribution in [0.5, 0.6) is 0 Å². The molecule has 1 atom stereocenters. The first kappa shape index (κ1) is 17.6. The van der Waals surface area contributed by atoms with Crippen molar-refractivity contribution in [2.24, 2.45) is 0 Å². The lowest BCUT2D eigenvalue weighted by Crippen LogP contribution is -2.28. The maximum absolute atomic E-state index is 12.8. The van der Waals surface area contributed by atoms with Crippen molar-refractivity contribution in [1.82, 2.24) is 24.5 Å². The second-order valence-corrected chi connectivity index (χ2v) is 7.54. The van der Waals surface area contributed by atoms with Gasteiger partial charge in [0, 0.05) is 54.3 Å². The normalized spacial score (nSPS) is 16.4. The van der Waals surface area contributed by atoms with Crippen LogP contribution in [0.15, 0.2) is 67.1 Å². The van der Waals surface area contributed by atoms with Crippen molar-refractivity contribution in [1.29, 1.82) is 0 Å². The van der Waals surface area contributed by atoms with Gasteiger partial charge in [-0.1, -0.05) is 23.8 Å². The summed E-state index contributed by atoms with van der Waals surface area (Å²) in [6.07, 6.45) is 6.46. The number of nitrogens with zero attached hydrogens (tertiary/aromatic N) is 5. The van der Waals surface area contributed by atoms with Gasteiger partial charge < -0.3 is 4.90 Å². The quantitative estimate of drug-likeness (QED) is 0.541. The highest BCUT2D eigenvalue weighted by atomic mass is 16.2. The fourth-order valence-corrected chi connectivity index (χ4v) is 3.81. The van der Waals surface area contributed by atoms with Gasteiger partial charge in [0.05, 0.1) is 0 Å². The Labute approximate surface area is 168 Å². The monoisotopic (exact) mass is 383 g/mol. The predicted octanol–water partition coefficient (Wildman–Crippen LogP) is 3.73. The molecule has 1 aliphatic heterocycles. The molecule has 6 nitrogen and oxygen atoms in total. The summed E-state index contributed by atoms with van der Waals surface area (Å²) < 4.78 is 1.82. The standard InChI is InChI=1S/C23H21N5O/c1-16-4-6-17(7-5-16)23(29)27-12-10-20(14-27)22-25-21-9-8-19(15-28(21)26-22)18-3-2-11-24-13-18/h2-9,11,13,15,20H,10,12,14H2,1H3. The molecule has 144 valence electrons. The minimum Gasteiger partial charge on any atom is -0.338 e. The van der Waals surface area contributed by atoms with Gasteiger partial charge in [0.2, 0.25) is 0 Å². The van der Waals surface area contributed by atoms with Gasteiger partial charge in [-0.25, -0.2) is 9.50 Å². The number of aromatic nitrogens is 4. The molecular formula is C23H21N5O. The van der Waals surface area contributed by atoms with E-state index in [1.165, 1.54) is 0 Å². The number of rotatable bonds is 3. The van der Waals surface area contributed by atoms with E-state index in [4.69, 9.17) is 10.1 Å². The lowest BCUT2D eigenvalue weighted by Gasteiger charge is -2.16. The number of benzene rings is 1. The third kappa shape index (κ3) is 3.38. The Kier molecular flexibility index (Phi) is 4.31. The van der Waals surface area contributed by atoms with Crippen LogP contribution in [0, 0.1) is 6.92 Å². The SMILES string of the molecule is Cc1ccc(C(=O)N2CCC(c3nc4ccc(-c5cccnc5)cn4n3)C2)cc1. The van der Waals surface area contributed by atoms with Crippen LogP contribution in [0.25, 0.3) is 16.8 Å². The molecule has 4 aromatic rings. The van der Waals surface area contributed by atoms with E-state index in [0.29, 0.717) is 6.54 Å². The molecule has 1 fully saturated rings. The Morgan fingerprint density at radius 3 is 2.72 bits per heavy atom. The lowest BCUT2D eigenvalue weighted by molar-refractivity contribution is 0.0790. The average molecular weight is 383 g/mol. The van der Waals surface area contributed by atoms with E-state index in [1.54, 1.807) is 6.20 Å². The Morgan fingerprint density at radius 2 is 1.93 bits per heavy atom. The molecule has 1 amide bonds. The van der Waals surface area contributed by atoms with Crippen molar-refractivity contribution in [2.45, 2.75) is 19.3 Å². The zero-order chi connectivity index (χ0) is 19.8. The maximum atomic E-state index is 12.8. The molecule has 0 saturated carbocycles. The number of hydrogen-bond donors (Lipinski definition) is 0. The summed E-state index contributed by atoms with van der Waals surface area (Å²) >= 11 is 0. The van der Waals surface area contributed by atoms with Gasteiger partial charge in [0.15, 0.2) is 11.5 Å². The van der Waals surface area contributed by atoms with Crippen LogP contribution < -0.4 is 0 Å². The molecule has 5 rings (SSSR count). The smallest absolute Gasteiger partial charge is 0.253 e. The van der Waals surface area contributed by atoms with Gasteiger partial charge in [-0.2, -0.15) is 5.10 Å². The third-order valence-corrected chi connectivity index (χ3v) is 5.48. The van der Waals surface area contributed by atoms with Crippen LogP contribution in [0.3, 0.4) is 0 Å². The Balaban J connectivity index is 1.36. The van der Waals surface area contributed by atoms with E-state index < -0.39 is 0 Å². The summed E-state index contributed by atoms with van der Waals surface area (Å²) in [6.45, 7) is 3.40. The molecule has 0 spiro atoms. The van der Waals surface area contributed by atoms with Crippen LogP contribution in [0.2, 0.25) is 0 Å². The number of hydrogen-bond acceptors (Lipinski definition) is 4. The first-order chi connectivity index (χ1) is 14.2. The van der Waals surface area contributed by atoms with Gasteiger partial charge >= 0.3 is 0 Å². The van der Waals surface area contributed by atoms with Gasteiger partial charge in [0.25, 0.3) is 5.91 Å². The van der Waals surface area contributed by atoms with Crippen LogP contribution in [-0.2, 0) is 0 Å². The largest absolute Gasteiger partial charge is 0.338 e. The van der Waals surface area contributed by atoms with Crippen molar-refractivity contribution < 1.29 is 4.79 Å². The van der Waals surface area contributed by atoms with Gasteiger partial charge in [-0.05, 0) is 43.7 Å². The zero-order valence-corrected chi connectivity index (χ0v) is 16.2. The molecule has 1 saturated heterocycles. The summed E-state index contributed by atoms with van der Waals surface area (Å²) in [4.78, 5) is 23.6. The number of likely N-dealkylation sites (tertiary alicyclic amines) is 1. The van der Waals surface area contributed by atoms with Crippen LogP contribution in [0.4, 0.5) is 0 Å². The van der Waals surface area contributed by atoms with E-state index >= 15 is 0 Å². The van der Waals surface area contributed by atoms with Crippen molar-refractivity contribution in [3.05, 3.63) is 84.1 Å². The molecule has 29 heavy (non-hydrogen) atoms. The van der Waals surface area contributed by atoms with Gasteiger partial charge in [-0.15, -0.1) is 0 Å². The molecule has 4 heterocycles. The molecule has 1 unspecified atom stereocenters. The highest BCUT2D eigenvalue weighted by Gasteiger charge is 2.30. The summed E-state index contributed by atoms with van der Waals surface area (Å²) in [5, 5.41) is 4.71. The summed E-state index contributed by atoms with van der Waals surface area (Å²) in [5.74, 6) is 1.04. The van der Waals surface area contributed by atoms with Gasteiger partial charge in [-0.3, -0.25) is 9.78 Å². The average Bonchev–Trinajstić information content (AvgIpc) is 3.41. The Hall–Kier alpha value is -3.54. The molecule has 0 aliphatic carbocycles. The number of pyridine rings is 2. The van der Waals surface area contributed by atoms with E-state index in [1.807, 2.05) is 77.3 Å². The van der Waals surface area contributed by atoms with E-state index in [2.05, 4.69) is 4.98 Å². The first-order valence-electron chi connectivity index (χ1n) is 9.80. The van der Waals surface area contributed by atoms with E-state index in [0.717, 1.165) is 46.7 Å². The summed E-state index contributed by atoms with van der Waals surface area (Å²) in [7, 11) is 0. The second kappa shape index (κ2) is 7.13. The molecule has 0 N–H and O–H groups in total. The van der Waals surface area contributed by atoms with Crippen LogP contribution >= 0.6 is 0 Å². The van der Waals surface area contributed by atoms with E-state index in [-0.39, 0.29) is 11.8 Å².